The van der Waals surface area contributed by atoms with Gasteiger partial charge < -0.3 is 10.2 Å². The van der Waals surface area contributed by atoms with E-state index in [9.17, 15) is 4.39 Å². The third-order valence-corrected chi connectivity index (χ3v) is 4.33. The molecule has 0 aromatic heterocycles. The van der Waals surface area contributed by atoms with Gasteiger partial charge in [-0.15, -0.1) is 0 Å². The van der Waals surface area contributed by atoms with Crippen LogP contribution in [0, 0.1) is 5.82 Å². The number of nitrogens with one attached hydrogen (secondary N) is 1. The van der Waals surface area contributed by atoms with Crippen molar-refractivity contribution in [3.05, 3.63) is 58.3 Å². The van der Waals surface area contributed by atoms with E-state index < -0.39 is 0 Å². The third-order valence-electron chi connectivity index (χ3n) is 3.84. The molecule has 2 nitrogen and oxygen atoms in total. The highest BCUT2D eigenvalue weighted by Gasteiger charge is 2.15. The molecular formula is C17H18BrFN2. The number of para-hydroxylation sites is 1. The summed E-state index contributed by atoms with van der Waals surface area (Å²) in [5, 5.41) is 3.20. The molecule has 1 N–H and O–H groups in total. The molecule has 4 heteroatoms. The summed E-state index contributed by atoms with van der Waals surface area (Å²) in [5.74, 6) is -0.225. The standard InChI is InChI=1S/C17H18BrFN2/c18-14-7-8-15(19)16(11-14)20-12-13-5-1-2-6-17(13)21-9-3-4-10-21/h1-2,5-8,11,20H,3-4,9-10,12H2. The summed E-state index contributed by atoms with van der Waals surface area (Å²) in [4.78, 5) is 2.41. The quantitative estimate of drug-likeness (QED) is 0.853. The van der Waals surface area contributed by atoms with Crippen LogP contribution in [0.25, 0.3) is 0 Å². The summed E-state index contributed by atoms with van der Waals surface area (Å²) in [6.45, 7) is 2.85. The largest absolute Gasteiger partial charge is 0.378 e. The zero-order chi connectivity index (χ0) is 14.7. The lowest BCUT2D eigenvalue weighted by molar-refractivity contribution is 0.630. The smallest absolute Gasteiger partial charge is 0.146 e. The van der Waals surface area contributed by atoms with Gasteiger partial charge in [0.05, 0.1) is 5.69 Å². The van der Waals surface area contributed by atoms with E-state index in [0.29, 0.717) is 12.2 Å². The first kappa shape index (κ1) is 14.4. The minimum Gasteiger partial charge on any atom is -0.378 e. The van der Waals surface area contributed by atoms with Crippen LogP contribution in [-0.4, -0.2) is 13.1 Å². The van der Waals surface area contributed by atoms with E-state index >= 15 is 0 Å². The lowest BCUT2D eigenvalue weighted by atomic mass is 10.1. The van der Waals surface area contributed by atoms with Gasteiger partial charge in [-0.25, -0.2) is 4.39 Å². The highest BCUT2D eigenvalue weighted by Crippen LogP contribution is 2.26. The Morgan fingerprint density at radius 1 is 1.10 bits per heavy atom. The Morgan fingerprint density at radius 2 is 1.86 bits per heavy atom. The third kappa shape index (κ3) is 3.38. The van der Waals surface area contributed by atoms with Crippen LogP contribution in [0.5, 0.6) is 0 Å². The summed E-state index contributed by atoms with van der Waals surface area (Å²) in [6.07, 6.45) is 2.50. The summed E-state index contributed by atoms with van der Waals surface area (Å²) in [7, 11) is 0. The second-order valence-corrected chi connectivity index (χ2v) is 6.22. The molecule has 0 atom stereocenters. The Labute approximate surface area is 133 Å². The van der Waals surface area contributed by atoms with Gasteiger partial charge in [-0.3, -0.25) is 0 Å². The van der Waals surface area contributed by atoms with Crippen LogP contribution < -0.4 is 10.2 Å². The van der Waals surface area contributed by atoms with E-state index in [4.69, 9.17) is 0 Å². The molecule has 2 aromatic carbocycles. The molecule has 0 saturated carbocycles. The van der Waals surface area contributed by atoms with Crippen LogP contribution in [0.3, 0.4) is 0 Å². The topological polar surface area (TPSA) is 15.3 Å². The van der Waals surface area contributed by atoms with Crippen molar-refractivity contribution in [3.63, 3.8) is 0 Å². The second kappa shape index (κ2) is 6.48. The minimum atomic E-state index is -0.225. The molecule has 2 aromatic rings. The first-order chi connectivity index (χ1) is 10.2. The molecule has 0 aliphatic carbocycles. The molecule has 110 valence electrons. The first-order valence-electron chi connectivity index (χ1n) is 7.26. The van der Waals surface area contributed by atoms with Gasteiger partial charge in [-0.1, -0.05) is 34.1 Å². The molecular weight excluding hydrogens is 331 g/mol. The first-order valence-corrected chi connectivity index (χ1v) is 8.05. The second-order valence-electron chi connectivity index (χ2n) is 5.30. The highest BCUT2D eigenvalue weighted by atomic mass is 79.9. The summed E-state index contributed by atoms with van der Waals surface area (Å²) in [5.41, 5.74) is 3.00. The summed E-state index contributed by atoms with van der Waals surface area (Å²) >= 11 is 3.38. The molecule has 0 radical (unpaired) electrons. The molecule has 0 spiro atoms. The van der Waals surface area contributed by atoms with Crippen molar-refractivity contribution in [3.8, 4) is 0 Å². The number of nitrogens with zero attached hydrogens (tertiary/aromatic N) is 1. The van der Waals surface area contributed by atoms with E-state index in [0.717, 1.165) is 17.6 Å². The fourth-order valence-corrected chi connectivity index (χ4v) is 3.11. The molecule has 1 saturated heterocycles. The van der Waals surface area contributed by atoms with Gasteiger partial charge in [-0.05, 0) is 42.7 Å². The van der Waals surface area contributed by atoms with Gasteiger partial charge >= 0.3 is 0 Å². The predicted molar refractivity (Wildman–Crippen MR) is 89.3 cm³/mol. The molecule has 21 heavy (non-hydrogen) atoms. The van der Waals surface area contributed by atoms with Gasteiger partial charge in [-0.2, -0.15) is 0 Å². The van der Waals surface area contributed by atoms with Crippen molar-refractivity contribution in [2.24, 2.45) is 0 Å². The van der Waals surface area contributed by atoms with Gasteiger partial charge in [0.1, 0.15) is 5.82 Å². The maximum atomic E-state index is 13.8. The molecule has 1 aliphatic rings. The fourth-order valence-electron chi connectivity index (χ4n) is 2.75. The number of halogens is 2. The van der Waals surface area contributed by atoms with E-state index in [2.05, 4.69) is 44.3 Å². The number of hydrogen-bond acceptors (Lipinski definition) is 2. The van der Waals surface area contributed by atoms with Crippen molar-refractivity contribution in [1.82, 2.24) is 0 Å². The number of anilines is 2. The normalized spacial score (nSPS) is 14.5. The van der Waals surface area contributed by atoms with Crippen LogP contribution in [-0.2, 0) is 6.54 Å². The minimum absolute atomic E-state index is 0.225. The average molecular weight is 349 g/mol. The Hall–Kier alpha value is -1.55. The van der Waals surface area contributed by atoms with E-state index in [1.165, 1.54) is 30.2 Å². The molecule has 3 rings (SSSR count). The van der Waals surface area contributed by atoms with Crippen LogP contribution in [0.1, 0.15) is 18.4 Å². The van der Waals surface area contributed by atoms with Crippen LogP contribution in [0.15, 0.2) is 46.9 Å². The SMILES string of the molecule is Fc1ccc(Br)cc1NCc1ccccc1N1CCCC1. The summed E-state index contributed by atoms with van der Waals surface area (Å²) in [6, 6.07) is 13.3. The highest BCUT2D eigenvalue weighted by molar-refractivity contribution is 9.10. The van der Waals surface area contributed by atoms with Crippen molar-refractivity contribution < 1.29 is 4.39 Å². The average Bonchev–Trinajstić information content (AvgIpc) is 3.03. The summed E-state index contributed by atoms with van der Waals surface area (Å²) < 4.78 is 14.7. The lowest BCUT2D eigenvalue weighted by Gasteiger charge is -2.21. The van der Waals surface area contributed by atoms with Gasteiger partial charge in [0.2, 0.25) is 0 Å². The monoisotopic (exact) mass is 348 g/mol. The molecule has 0 amide bonds. The molecule has 1 fully saturated rings. The van der Waals surface area contributed by atoms with Crippen molar-refractivity contribution in [2.75, 3.05) is 23.3 Å². The zero-order valence-corrected chi connectivity index (χ0v) is 13.4. The number of hydrogen-bond donors (Lipinski definition) is 1. The number of benzene rings is 2. The fraction of sp³-hybridized carbons (Fsp3) is 0.294. The molecule has 0 unspecified atom stereocenters. The Bertz CT molecular complexity index is 624. The molecule has 0 bridgehead atoms. The van der Waals surface area contributed by atoms with Gasteiger partial charge in [0.15, 0.2) is 0 Å². The van der Waals surface area contributed by atoms with Gasteiger partial charge in [0, 0.05) is 29.8 Å². The lowest BCUT2D eigenvalue weighted by Crippen LogP contribution is -2.20. The Kier molecular flexibility index (Phi) is 4.44. The van der Waals surface area contributed by atoms with Crippen molar-refractivity contribution in [2.45, 2.75) is 19.4 Å². The maximum absolute atomic E-state index is 13.8. The maximum Gasteiger partial charge on any atom is 0.146 e. The Balaban J connectivity index is 1.77. The zero-order valence-electron chi connectivity index (χ0n) is 11.8. The van der Waals surface area contributed by atoms with E-state index in [-0.39, 0.29) is 5.82 Å². The molecule has 1 heterocycles. The predicted octanol–water partition coefficient (Wildman–Crippen LogP) is 4.80. The number of rotatable bonds is 4. The Morgan fingerprint density at radius 3 is 2.67 bits per heavy atom. The van der Waals surface area contributed by atoms with E-state index in [1.54, 1.807) is 12.1 Å². The van der Waals surface area contributed by atoms with Crippen molar-refractivity contribution in [1.29, 1.82) is 0 Å². The van der Waals surface area contributed by atoms with E-state index in [1.807, 2.05) is 6.07 Å². The van der Waals surface area contributed by atoms with Crippen LogP contribution in [0.2, 0.25) is 0 Å². The van der Waals surface area contributed by atoms with Gasteiger partial charge in [0.25, 0.3) is 0 Å². The molecule has 1 aliphatic heterocycles. The van der Waals surface area contributed by atoms with Crippen LogP contribution in [0.4, 0.5) is 15.8 Å². The van der Waals surface area contributed by atoms with Crippen LogP contribution >= 0.6 is 15.9 Å². The van der Waals surface area contributed by atoms with Crippen molar-refractivity contribution >= 4 is 27.3 Å².